The van der Waals surface area contributed by atoms with E-state index < -0.39 is 5.60 Å². The Morgan fingerprint density at radius 1 is 1.00 bits per heavy atom. The van der Waals surface area contributed by atoms with E-state index in [1.807, 2.05) is 81.3 Å². The van der Waals surface area contributed by atoms with E-state index in [1.165, 1.54) is 0 Å². The molecule has 1 atom stereocenters. The van der Waals surface area contributed by atoms with Crippen molar-refractivity contribution in [3.05, 3.63) is 71.1 Å². The lowest BCUT2D eigenvalue weighted by molar-refractivity contribution is -0.132. The molecule has 228 valence electrons. The number of aryl methyl sites for hydroxylation is 1. The van der Waals surface area contributed by atoms with Gasteiger partial charge in [-0.05, 0) is 64.4 Å². The Hall–Kier alpha value is -4.05. The first kappa shape index (κ1) is 30.4. The van der Waals surface area contributed by atoms with E-state index in [9.17, 15) is 9.59 Å². The number of nitrogens with zero attached hydrogens (tertiary/aromatic N) is 5. The van der Waals surface area contributed by atoms with Gasteiger partial charge in [0.1, 0.15) is 28.7 Å². The summed E-state index contributed by atoms with van der Waals surface area (Å²) >= 11 is 6.11. The fourth-order valence-corrected chi connectivity index (χ4v) is 5.43. The molecule has 2 aliphatic rings. The number of amides is 2. The van der Waals surface area contributed by atoms with Gasteiger partial charge in [-0.25, -0.2) is 14.8 Å². The molecule has 1 unspecified atom stereocenters. The van der Waals surface area contributed by atoms with Crippen LogP contribution in [0.1, 0.15) is 51.0 Å². The van der Waals surface area contributed by atoms with Crippen LogP contribution in [-0.2, 0) is 9.53 Å². The van der Waals surface area contributed by atoms with Crippen molar-refractivity contribution in [1.29, 1.82) is 0 Å². The summed E-state index contributed by atoms with van der Waals surface area (Å²) in [5, 5.41) is 4.25. The van der Waals surface area contributed by atoms with Gasteiger partial charge < -0.3 is 29.5 Å². The molecule has 0 bridgehead atoms. The van der Waals surface area contributed by atoms with Crippen LogP contribution in [0.4, 0.5) is 16.3 Å². The van der Waals surface area contributed by atoms with Crippen LogP contribution >= 0.6 is 11.6 Å². The number of piperazine rings is 1. The van der Waals surface area contributed by atoms with Gasteiger partial charge in [-0.15, -0.1) is 0 Å². The van der Waals surface area contributed by atoms with Gasteiger partial charge in [0.25, 0.3) is 0 Å². The van der Waals surface area contributed by atoms with Gasteiger partial charge in [-0.1, -0.05) is 23.7 Å². The number of nitrogens with one attached hydrogen (secondary N) is 1. The summed E-state index contributed by atoms with van der Waals surface area (Å²) in [5.74, 6) is 2.99. The highest BCUT2D eigenvalue weighted by Crippen LogP contribution is 2.35. The smallest absolute Gasteiger partial charge is 0.410 e. The second-order valence-corrected chi connectivity index (χ2v) is 12.3. The highest BCUT2D eigenvalue weighted by atomic mass is 35.5. The summed E-state index contributed by atoms with van der Waals surface area (Å²) in [5.41, 5.74) is 1.38. The molecule has 11 heteroatoms. The molecule has 0 aliphatic carbocycles. The summed E-state index contributed by atoms with van der Waals surface area (Å²) < 4.78 is 11.5. The van der Waals surface area contributed by atoms with Gasteiger partial charge >= 0.3 is 6.09 Å². The minimum atomic E-state index is -0.540. The Labute approximate surface area is 257 Å². The molecule has 3 aromatic rings. The summed E-state index contributed by atoms with van der Waals surface area (Å²) in [6.45, 7) is 10.7. The molecular weight excluding hydrogens is 568 g/mol. The molecule has 5 rings (SSSR count). The topological polar surface area (TPSA) is 100 Å². The molecule has 2 amide bonds. The predicted octanol–water partition coefficient (Wildman–Crippen LogP) is 6.06. The van der Waals surface area contributed by atoms with Crippen LogP contribution in [0.5, 0.6) is 11.5 Å². The van der Waals surface area contributed by atoms with E-state index in [1.54, 1.807) is 11.0 Å². The molecule has 3 heterocycles. The summed E-state index contributed by atoms with van der Waals surface area (Å²) in [7, 11) is 0. The van der Waals surface area contributed by atoms with Crippen LogP contribution in [0.2, 0.25) is 5.02 Å². The molecule has 2 aliphatic heterocycles. The van der Waals surface area contributed by atoms with Crippen LogP contribution in [0.25, 0.3) is 0 Å². The van der Waals surface area contributed by atoms with Gasteiger partial charge in [0, 0.05) is 74.2 Å². The highest BCUT2D eigenvalue weighted by Gasteiger charge is 2.30. The van der Waals surface area contributed by atoms with Gasteiger partial charge in [-0.2, -0.15) is 0 Å². The van der Waals surface area contributed by atoms with Crippen LogP contribution in [0, 0.1) is 6.92 Å². The molecule has 0 saturated carbocycles. The van der Waals surface area contributed by atoms with Crippen molar-refractivity contribution in [3.63, 3.8) is 0 Å². The number of carbonyl (C=O) groups excluding carboxylic acids is 2. The Balaban J connectivity index is 1.19. The lowest BCUT2D eigenvalue weighted by atomic mass is 10.00. The van der Waals surface area contributed by atoms with Crippen molar-refractivity contribution in [2.75, 3.05) is 49.5 Å². The molecule has 2 aromatic carbocycles. The number of anilines is 2. The number of carbonyl (C=O) groups is 2. The van der Waals surface area contributed by atoms with Crippen molar-refractivity contribution >= 4 is 35.1 Å². The number of aromatic nitrogens is 2. The maximum absolute atomic E-state index is 13.1. The third-order valence-corrected chi connectivity index (χ3v) is 7.60. The summed E-state index contributed by atoms with van der Waals surface area (Å²) in [4.78, 5) is 40.4. The number of benzene rings is 2. The van der Waals surface area contributed by atoms with Crippen LogP contribution in [0.15, 0.2) is 54.7 Å². The van der Waals surface area contributed by atoms with Gasteiger partial charge in [0.15, 0.2) is 0 Å². The number of halogens is 1. The average Bonchev–Trinajstić information content (AvgIpc) is 2.96. The average molecular weight is 607 g/mol. The van der Waals surface area contributed by atoms with E-state index in [4.69, 9.17) is 26.1 Å². The van der Waals surface area contributed by atoms with E-state index in [-0.39, 0.29) is 18.0 Å². The minimum Gasteiger partial charge on any atom is -0.457 e. The van der Waals surface area contributed by atoms with E-state index in [0.29, 0.717) is 61.5 Å². The monoisotopic (exact) mass is 606 g/mol. The molecular formula is C32H39ClN6O4. The lowest BCUT2D eigenvalue weighted by Gasteiger charge is -2.37. The molecule has 1 aromatic heterocycles. The van der Waals surface area contributed by atoms with E-state index in [0.717, 1.165) is 30.0 Å². The second kappa shape index (κ2) is 13.1. The molecule has 1 fully saturated rings. The lowest BCUT2D eigenvalue weighted by Crippen LogP contribution is -2.52. The second-order valence-electron chi connectivity index (χ2n) is 11.9. The van der Waals surface area contributed by atoms with Crippen molar-refractivity contribution < 1.29 is 19.1 Å². The molecule has 0 radical (unpaired) electrons. The Bertz CT molecular complexity index is 1450. The van der Waals surface area contributed by atoms with Crippen molar-refractivity contribution in [3.8, 4) is 11.5 Å². The van der Waals surface area contributed by atoms with Gasteiger partial charge in [-0.3, -0.25) is 4.79 Å². The third-order valence-electron chi connectivity index (χ3n) is 7.37. The summed E-state index contributed by atoms with van der Waals surface area (Å²) in [6, 6.07) is 15.1. The predicted molar refractivity (Wildman–Crippen MR) is 167 cm³/mol. The zero-order valence-corrected chi connectivity index (χ0v) is 25.9. The first-order valence-electron chi connectivity index (χ1n) is 14.7. The standard InChI is InChI=1S/C32H39ClN6O4/c1-22-34-21-27-28(36-24-8-6-10-26(20-24)42-25-9-5-7-23(33)19-25)11-13-38(30(27)35-22)14-12-29(40)37-15-17-39(18-16-37)31(41)43-32(2,3)4/h5-10,19-21,28,36H,11-18H2,1-4H3. The van der Waals surface area contributed by atoms with Crippen molar-refractivity contribution in [2.45, 2.75) is 52.2 Å². The maximum atomic E-state index is 13.1. The fourth-order valence-electron chi connectivity index (χ4n) is 5.25. The number of ether oxygens (including phenoxy) is 2. The largest absolute Gasteiger partial charge is 0.457 e. The Morgan fingerprint density at radius 3 is 2.42 bits per heavy atom. The number of hydrogen-bond acceptors (Lipinski definition) is 8. The van der Waals surface area contributed by atoms with E-state index >= 15 is 0 Å². The quantitative estimate of drug-likeness (QED) is 0.346. The Kier molecular flexibility index (Phi) is 9.25. The number of rotatable bonds is 7. The molecule has 10 nitrogen and oxygen atoms in total. The summed E-state index contributed by atoms with van der Waals surface area (Å²) in [6.07, 6.45) is 2.74. The molecule has 1 saturated heterocycles. The first-order chi connectivity index (χ1) is 20.5. The van der Waals surface area contributed by atoms with Crippen LogP contribution in [0.3, 0.4) is 0 Å². The van der Waals surface area contributed by atoms with Gasteiger partial charge in [0.2, 0.25) is 5.91 Å². The zero-order valence-electron chi connectivity index (χ0n) is 25.2. The first-order valence-corrected chi connectivity index (χ1v) is 15.1. The third kappa shape index (κ3) is 8.07. The van der Waals surface area contributed by atoms with Crippen LogP contribution < -0.4 is 15.0 Å². The Morgan fingerprint density at radius 2 is 1.70 bits per heavy atom. The molecule has 1 N–H and O–H groups in total. The minimum absolute atomic E-state index is 0.00454. The molecule has 43 heavy (non-hydrogen) atoms. The van der Waals surface area contributed by atoms with E-state index in [2.05, 4.69) is 15.2 Å². The van der Waals surface area contributed by atoms with Crippen molar-refractivity contribution in [1.82, 2.24) is 19.8 Å². The number of fused-ring (bicyclic) bond motifs is 1. The normalized spacial score (nSPS) is 16.9. The van der Waals surface area contributed by atoms with Crippen molar-refractivity contribution in [2.24, 2.45) is 0 Å². The zero-order chi connectivity index (χ0) is 30.6. The molecule has 0 spiro atoms. The van der Waals surface area contributed by atoms with Gasteiger partial charge in [0.05, 0.1) is 6.04 Å². The fraction of sp³-hybridized carbons (Fsp3) is 0.438. The number of hydrogen-bond donors (Lipinski definition) is 1. The maximum Gasteiger partial charge on any atom is 0.410 e. The van der Waals surface area contributed by atoms with Crippen LogP contribution in [-0.4, -0.2) is 76.6 Å². The SMILES string of the molecule is Cc1ncc2c(n1)N(CCC(=O)N1CCN(C(=O)OC(C)(C)C)CC1)CCC2Nc1cccc(Oc2cccc(Cl)c2)c1. The highest BCUT2D eigenvalue weighted by molar-refractivity contribution is 6.30.